The molecule has 0 aliphatic rings. The van der Waals surface area contributed by atoms with Crippen molar-refractivity contribution in [3.05, 3.63) is 39.8 Å². The van der Waals surface area contributed by atoms with Crippen LogP contribution in [0.1, 0.15) is 0 Å². The van der Waals surface area contributed by atoms with Crippen LogP contribution in [0.15, 0.2) is 29.2 Å². The first-order valence-corrected chi connectivity index (χ1v) is 4.25. The van der Waals surface area contributed by atoms with Gasteiger partial charge in [0.2, 0.25) is 0 Å². The molecule has 2 aromatic rings. The number of hydrogen-bond donors (Lipinski definition) is 2. The van der Waals surface area contributed by atoms with E-state index in [-0.39, 0.29) is 10.8 Å². The lowest BCUT2D eigenvalue weighted by Gasteiger charge is -2.01. The predicted molar refractivity (Wildman–Crippen MR) is 53.6 cm³/mol. The van der Waals surface area contributed by atoms with E-state index in [0.29, 0.717) is 5.82 Å². The van der Waals surface area contributed by atoms with Gasteiger partial charge in [-0.1, -0.05) is 17.7 Å². The highest BCUT2D eigenvalue weighted by atomic mass is 35.5. The maximum atomic E-state index is 11.1. The fraction of sp³-hybridized carbons (Fsp3) is 0. The van der Waals surface area contributed by atoms with Crippen molar-refractivity contribution in [1.82, 2.24) is 14.8 Å². The maximum Gasteiger partial charge on any atom is 0.285 e. The second-order valence-electron chi connectivity index (χ2n) is 2.66. The van der Waals surface area contributed by atoms with Gasteiger partial charge in [0.15, 0.2) is 5.82 Å². The summed E-state index contributed by atoms with van der Waals surface area (Å²) in [5.74, 6) is 0.685. The van der Waals surface area contributed by atoms with Crippen molar-refractivity contribution >= 4 is 17.4 Å². The summed E-state index contributed by atoms with van der Waals surface area (Å²) in [5, 5.41) is 2.45. The van der Waals surface area contributed by atoms with Crippen molar-refractivity contribution in [3.63, 3.8) is 0 Å². The Morgan fingerprint density at radius 3 is 2.79 bits per heavy atom. The topological polar surface area (TPSA) is 76.7 Å². The molecule has 0 unspecified atom stereocenters. The van der Waals surface area contributed by atoms with Gasteiger partial charge < -0.3 is 5.73 Å². The molecule has 0 saturated heterocycles. The van der Waals surface area contributed by atoms with E-state index in [1.165, 1.54) is 4.68 Å². The molecule has 2 aromatic heterocycles. The molecule has 72 valence electrons. The standard InChI is InChI=1S/C8H7ClN4O/c9-6-7(10)13(12-8(6)14)5-3-1-2-4-11-5/h1-4H,10H2,(H,12,14). The summed E-state index contributed by atoms with van der Waals surface area (Å²) in [7, 11) is 0. The van der Waals surface area contributed by atoms with Crippen molar-refractivity contribution in [3.8, 4) is 5.82 Å². The third-order valence-corrected chi connectivity index (χ3v) is 2.12. The molecule has 0 bridgehead atoms. The Balaban J connectivity index is 2.64. The number of pyridine rings is 1. The lowest BCUT2D eigenvalue weighted by molar-refractivity contribution is 0.843. The van der Waals surface area contributed by atoms with Gasteiger partial charge in [0, 0.05) is 6.20 Å². The number of hydrogen-bond acceptors (Lipinski definition) is 3. The number of nitrogens with two attached hydrogens (primary N) is 1. The minimum Gasteiger partial charge on any atom is -0.382 e. The average Bonchev–Trinajstić information content (AvgIpc) is 2.47. The number of rotatable bonds is 1. The van der Waals surface area contributed by atoms with Crippen LogP contribution in [0.4, 0.5) is 5.82 Å². The molecule has 0 spiro atoms. The summed E-state index contributed by atoms with van der Waals surface area (Å²) in [5.41, 5.74) is 5.17. The molecule has 0 fully saturated rings. The Hall–Kier alpha value is -1.75. The Bertz CT molecular complexity index is 502. The van der Waals surface area contributed by atoms with E-state index in [9.17, 15) is 4.79 Å². The Kier molecular flexibility index (Phi) is 2.01. The van der Waals surface area contributed by atoms with Gasteiger partial charge in [-0.05, 0) is 12.1 Å². The first-order chi connectivity index (χ1) is 6.70. The highest BCUT2D eigenvalue weighted by Gasteiger charge is 2.10. The van der Waals surface area contributed by atoms with Crippen molar-refractivity contribution in [2.75, 3.05) is 5.73 Å². The smallest absolute Gasteiger partial charge is 0.285 e. The minimum absolute atomic E-state index is 0.0179. The van der Waals surface area contributed by atoms with Crippen LogP contribution in [0.5, 0.6) is 0 Å². The molecule has 0 aliphatic carbocycles. The molecule has 0 aromatic carbocycles. The van der Waals surface area contributed by atoms with Gasteiger partial charge in [0.05, 0.1) is 0 Å². The molecule has 0 atom stereocenters. The molecule has 2 rings (SSSR count). The van der Waals surface area contributed by atoms with Crippen LogP contribution in [-0.4, -0.2) is 14.8 Å². The van der Waals surface area contributed by atoms with Gasteiger partial charge in [-0.15, -0.1) is 0 Å². The monoisotopic (exact) mass is 210 g/mol. The minimum atomic E-state index is -0.421. The third-order valence-electron chi connectivity index (χ3n) is 1.76. The van der Waals surface area contributed by atoms with Gasteiger partial charge in [-0.3, -0.25) is 9.89 Å². The largest absolute Gasteiger partial charge is 0.382 e. The Morgan fingerprint density at radius 1 is 1.50 bits per heavy atom. The summed E-state index contributed by atoms with van der Waals surface area (Å²) in [6.07, 6.45) is 1.60. The van der Waals surface area contributed by atoms with E-state index in [1.807, 2.05) is 0 Å². The number of nitrogens with zero attached hydrogens (tertiary/aromatic N) is 2. The van der Waals surface area contributed by atoms with E-state index < -0.39 is 5.56 Å². The molecule has 6 heteroatoms. The quantitative estimate of drug-likeness (QED) is 0.731. The van der Waals surface area contributed by atoms with E-state index in [0.717, 1.165) is 0 Å². The molecule has 0 saturated carbocycles. The van der Waals surface area contributed by atoms with Crippen LogP contribution in [-0.2, 0) is 0 Å². The van der Waals surface area contributed by atoms with Crippen molar-refractivity contribution in [2.45, 2.75) is 0 Å². The number of halogens is 1. The first-order valence-electron chi connectivity index (χ1n) is 3.87. The lowest BCUT2D eigenvalue weighted by Crippen LogP contribution is -2.06. The summed E-state index contributed by atoms with van der Waals surface area (Å²) in [6.45, 7) is 0. The summed E-state index contributed by atoms with van der Waals surface area (Å²) in [4.78, 5) is 15.1. The fourth-order valence-electron chi connectivity index (χ4n) is 1.09. The van der Waals surface area contributed by atoms with Crippen LogP contribution in [0.3, 0.4) is 0 Å². The van der Waals surface area contributed by atoms with Crippen LogP contribution < -0.4 is 11.3 Å². The number of anilines is 1. The molecular formula is C8H7ClN4O. The van der Waals surface area contributed by atoms with Gasteiger partial charge in [0.25, 0.3) is 5.56 Å². The highest BCUT2D eigenvalue weighted by Crippen LogP contribution is 2.15. The van der Waals surface area contributed by atoms with Crippen molar-refractivity contribution in [1.29, 1.82) is 0 Å². The van der Waals surface area contributed by atoms with Crippen LogP contribution >= 0.6 is 11.6 Å². The van der Waals surface area contributed by atoms with Gasteiger partial charge in [-0.2, -0.15) is 0 Å². The second kappa shape index (κ2) is 3.19. The molecule has 2 heterocycles. The number of aromatic nitrogens is 3. The highest BCUT2D eigenvalue weighted by molar-refractivity contribution is 6.32. The van der Waals surface area contributed by atoms with E-state index in [1.54, 1.807) is 24.4 Å². The predicted octanol–water partition coefficient (Wildman–Crippen LogP) is 0.796. The summed E-state index contributed by atoms with van der Waals surface area (Å²) >= 11 is 5.63. The van der Waals surface area contributed by atoms with Gasteiger partial charge in [-0.25, -0.2) is 9.67 Å². The molecule has 0 aliphatic heterocycles. The fourth-order valence-corrected chi connectivity index (χ4v) is 1.22. The summed E-state index contributed by atoms with van der Waals surface area (Å²) in [6, 6.07) is 5.26. The zero-order chi connectivity index (χ0) is 10.1. The van der Waals surface area contributed by atoms with Gasteiger partial charge >= 0.3 is 0 Å². The van der Waals surface area contributed by atoms with E-state index in [2.05, 4.69) is 10.1 Å². The Morgan fingerprint density at radius 2 is 2.29 bits per heavy atom. The van der Waals surface area contributed by atoms with Gasteiger partial charge in [0.1, 0.15) is 10.8 Å². The number of aromatic amines is 1. The summed E-state index contributed by atoms with van der Waals surface area (Å²) < 4.78 is 1.34. The van der Waals surface area contributed by atoms with E-state index in [4.69, 9.17) is 17.3 Å². The third kappa shape index (κ3) is 1.27. The van der Waals surface area contributed by atoms with Crippen molar-refractivity contribution < 1.29 is 0 Å². The molecule has 14 heavy (non-hydrogen) atoms. The van der Waals surface area contributed by atoms with Crippen LogP contribution in [0.2, 0.25) is 5.02 Å². The Labute approximate surface area is 84.1 Å². The number of H-pyrrole nitrogens is 1. The molecule has 0 amide bonds. The van der Waals surface area contributed by atoms with Crippen LogP contribution in [0.25, 0.3) is 5.82 Å². The average molecular weight is 211 g/mol. The molecule has 0 radical (unpaired) electrons. The SMILES string of the molecule is Nc1c(Cl)c(=O)[nH]n1-c1ccccn1. The molecular weight excluding hydrogens is 204 g/mol. The van der Waals surface area contributed by atoms with E-state index >= 15 is 0 Å². The lowest BCUT2D eigenvalue weighted by atomic mass is 10.5. The normalized spacial score (nSPS) is 10.4. The maximum absolute atomic E-state index is 11.1. The zero-order valence-electron chi connectivity index (χ0n) is 7.07. The van der Waals surface area contributed by atoms with Crippen LogP contribution in [0, 0.1) is 0 Å². The second-order valence-corrected chi connectivity index (χ2v) is 3.04. The number of nitrogen functional groups attached to an aromatic ring is 1. The van der Waals surface area contributed by atoms with Crippen molar-refractivity contribution in [2.24, 2.45) is 0 Å². The molecule has 5 nitrogen and oxygen atoms in total. The first kappa shape index (κ1) is 8.83. The molecule has 3 N–H and O–H groups in total. The number of nitrogens with one attached hydrogen (secondary N) is 1. The zero-order valence-corrected chi connectivity index (χ0v) is 7.82.